The number of hydrogen-bond donors (Lipinski definition) is 0. The number of carbonyl (C=O) groups excluding carboxylic acids is 1. The zero-order chi connectivity index (χ0) is 13.0. The molecule has 2 rings (SSSR count). The SMILES string of the molecule is COC(=O)c1ccc(Cl)cc1Sc1ccccc1. The van der Waals surface area contributed by atoms with E-state index in [1.165, 1.54) is 18.9 Å². The highest BCUT2D eigenvalue weighted by molar-refractivity contribution is 7.99. The van der Waals surface area contributed by atoms with Crippen molar-refractivity contribution < 1.29 is 9.53 Å². The average molecular weight is 279 g/mol. The number of ether oxygens (including phenoxy) is 1. The van der Waals surface area contributed by atoms with E-state index in [-0.39, 0.29) is 5.97 Å². The molecule has 0 saturated carbocycles. The Kier molecular flexibility index (Phi) is 4.28. The fourth-order valence-corrected chi connectivity index (χ4v) is 2.71. The molecule has 0 saturated heterocycles. The molecule has 18 heavy (non-hydrogen) atoms. The number of methoxy groups -OCH3 is 1. The van der Waals surface area contributed by atoms with E-state index in [0.29, 0.717) is 10.6 Å². The lowest BCUT2D eigenvalue weighted by atomic mass is 10.2. The van der Waals surface area contributed by atoms with Gasteiger partial charge in [-0.1, -0.05) is 41.6 Å². The topological polar surface area (TPSA) is 26.3 Å². The summed E-state index contributed by atoms with van der Waals surface area (Å²) >= 11 is 7.45. The molecule has 0 aliphatic rings. The van der Waals surface area contributed by atoms with Gasteiger partial charge in [0.25, 0.3) is 0 Å². The fourth-order valence-electron chi connectivity index (χ4n) is 1.47. The number of rotatable bonds is 3. The molecule has 0 aliphatic heterocycles. The molecule has 0 radical (unpaired) electrons. The number of esters is 1. The molecule has 0 heterocycles. The van der Waals surface area contributed by atoms with Gasteiger partial charge in [0.1, 0.15) is 0 Å². The van der Waals surface area contributed by atoms with Gasteiger partial charge in [-0.3, -0.25) is 0 Å². The van der Waals surface area contributed by atoms with Crippen LogP contribution in [0.1, 0.15) is 10.4 Å². The standard InChI is InChI=1S/C14H11ClO2S/c1-17-14(16)12-8-7-10(15)9-13(12)18-11-5-3-2-4-6-11/h2-9H,1H3. The summed E-state index contributed by atoms with van der Waals surface area (Å²) in [6, 6.07) is 14.9. The summed E-state index contributed by atoms with van der Waals surface area (Å²) < 4.78 is 4.76. The maximum absolute atomic E-state index is 11.7. The summed E-state index contributed by atoms with van der Waals surface area (Å²) in [5.41, 5.74) is 0.524. The quantitative estimate of drug-likeness (QED) is 0.784. The van der Waals surface area contributed by atoms with Crippen LogP contribution in [0, 0.1) is 0 Å². The summed E-state index contributed by atoms with van der Waals surface area (Å²) in [5.74, 6) is -0.356. The van der Waals surface area contributed by atoms with Gasteiger partial charge in [0.2, 0.25) is 0 Å². The molecule has 92 valence electrons. The Morgan fingerprint density at radius 3 is 2.56 bits per heavy atom. The molecule has 0 aromatic heterocycles. The minimum Gasteiger partial charge on any atom is -0.465 e. The summed E-state index contributed by atoms with van der Waals surface area (Å²) in [7, 11) is 1.37. The second-order valence-corrected chi connectivity index (χ2v) is 5.10. The second kappa shape index (κ2) is 5.94. The predicted octanol–water partition coefficient (Wildman–Crippen LogP) is 4.28. The van der Waals surface area contributed by atoms with Crippen molar-refractivity contribution in [1.29, 1.82) is 0 Å². The molecule has 0 bridgehead atoms. The van der Waals surface area contributed by atoms with Crippen LogP contribution in [0.15, 0.2) is 58.3 Å². The third-order valence-corrected chi connectivity index (χ3v) is 3.62. The van der Waals surface area contributed by atoms with Gasteiger partial charge in [-0.25, -0.2) is 4.79 Å². The molecule has 0 N–H and O–H groups in total. The first-order chi connectivity index (χ1) is 8.70. The van der Waals surface area contributed by atoms with E-state index in [1.807, 2.05) is 30.3 Å². The zero-order valence-electron chi connectivity index (χ0n) is 9.72. The van der Waals surface area contributed by atoms with E-state index < -0.39 is 0 Å². The van der Waals surface area contributed by atoms with Crippen molar-refractivity contribution in [3.8, 4) is 0 Å². The normalized spacial score (nSPS) is 10.1. The van der Waals surface area contributed by atoms with Gasteiger partial charge < -0.3 is 4.74 Å². The Balaban J connectivity index is 2.36. The van der Waals surface area contributed by atoms with Gasteiger partial charge in [-0.05, 0) is 30.3 Å². The molecule has 2 aromatic carbocycles. The predicted molar refractivity (Wildman–Crippen MR) is 73.4 cm³/mol. The number of benzene rings is 2. The van der Waals surface area contributed by atoms with Crippen LogP contribution >= 0.6 is 23.4 Å². The average Bonchev–Trinajstić information content (AvgIpc) is 2.39. The van der Waals surface area contributed by atoms with E-state index in [0.717, 1.165) is 9.79 Å². The van der Waals surface area contributed by atoms with Crippen LogP contribution in [0.4, 0.5) is 0 Å². The smallest absolute Gasteiger partial charge is 0.339 e. The van der Waals surface area contributed by atoms with Crippen molar-refractivity contribution in [2.24, 2.45) is 0 Å². The number of halogens is 1. The molecule has 0 amide bonds. The van der Waals surface area contributed by atoms with Crippen LogP contribution in [-0.4, -0.2) is 13.1 Å². The van der Waals surface area contributed by atoms with Crippen molar-refractivity contribution in [3.05, 3.63) is 59.1 Å². The van der Waals surface area contributed by atoms with Crippen molar-refractivity contribution in [1.82, 2.24) is 0 Å². The van der Waals surface area contributed by atoms with E-state index in [2.05, 4.69) is 0 Å². The van der Waals surface area contributed by atoms with Gasteiger partial charge in [0, 0.05) is 14.8 Å². The van der Waals surface area contributed by atoms with E-state index >= 15 is 0 Å². The molecular weight excluding hydrogens is 268 g/mol. The summed E-state index contributed by atoms with van der Waals surface area (Å²) in [5, 5.41) is 0.598. The Hall–Kier alpha value is -1.45. The highest BCUT2D eigenvalue weighted by atomic mass is 35.5. The highest BCUT2D eigenvalue weighted by Crippen LogP contribution is 2.32. The summed E-state index contributed by atoms with van der Waals surface area (Å²) in [4.78, 5) is 13.5. The summed E-state index contributed by atoms with van der Waals surface area (Å²) in [6.45, 7) is 0. The minimum absolute atomic E-state index is 0.356. The van der Waals surface area contributed by atoms with Crippen molar-refractivity contribution in [2.45, 2.75) is 9.79 Å². The van der Waals surface area contributed by atoms with E-state index in [4.69, 9.17) is 16.3 Å². The first kappa shape index (κ1) is 13.0. The molecule has 4 heteroatoms. The molecule has 2 aromatic rings. The number of carbonyl (C=O) groups is 1. The first-order valence-electron chi connectivity index (χ1n) is 5.31. The molecule has 0 aliphatic carbocycles. The second-order valence-electron chi connectivity index (χ2n) is 3.55. The van der Waals surface area contributed by atoms with E-state index in [9.17, 15) is 4.79 Å². The molecule has 0 atom stereocenters. The fraction of sp³-hybridized carbons (Fsp3) is 0.0714. The Bertz CT molecular complexity index is 555. The molecular formula is C14H11ClO2S. The van der Waals surface area contributed by atoms with Crippen LogP contribution in [0.3, 0.4) is 0 Å². The van der Waals surface area contributed by atoms with Crippen molar-refractivity contribution in [2.75, 3.05) is 7.11 Å². The maximum Gasteiger partial charge on any atom is 0.339 e. The van der Waals surface area contributed by atoms with Gasteiger partial charge in [-0.2, -0.15) is 0 Å². The van der Waals surface area contributed by atoms with Crippen LogP contribution in [-0.2, 0) is 4.74 Å². The minimum atomic E-state index is -0.356. The van der Waals surface area contributed by atoms with Gasteiger partial charge >= 0.3 is 5.97 Å². The lowest BCUT2D eigenvalue weighted by molar-refractivity contribution is 0.0597. The van der Waals surface area contributed by atoms with Gasteiger partial charge in [0.05, 0.1) is 12.7 Å². The van der Waals surface area contributed by atoms with Crippen molar-refractivity contribution in [3.63, 3.8) is 0 Å². The van der Waals surface area contributed by atoms with Crippen LogP contribution < -0.4 is 0 Å². The van der Waals surface area contributed by atoms with Crippen molar-refractivity contribution >= 4 is 29.3 Å². The van der Waals surface area contributed by atoms with Gasteiger partial charge in [-0.15, -0.1) is 0 Å². The first-order valence-corrected chi connectivity index (χ1v) is 6.51. The van der Waals surface area contributed by atoms with Crippen LogP contribution in [0.2, 0.25) is 5.02 Å². The molecule has 0 unspecified atom stereocenters. The van der Waals surface area contributed by atoms with E-state index in [1.54, 1.807) is 18.2 Å². The van der Waals surface area contributed by atoms with Crippen LogP contribution in [0.5, 0.6) is 0 Å². The monoisotopic (exact) mass is 278 g/mol. The zero-order valence-corrected chi connectivity index (χ0v) is 11.3. The largest absolute Gasteiger partial charge is 0.465 e. The molecule has 0 fully saturated rings. The Morgan fingerprint density at radius 1 is 1.17 bits per heavy atom. The van der Waals surface area contributed by atoms with Gasteiger partial charge in [0.15, 0.2) is 0 Å². The Labute approximate surface area is 115 Å². The van der Waals surface area contributed by atoms with Crippen LogP contribution in [0.25, 0.3) is 0 Å². The molecule has 0 spiro atoms. The third-order valence-electron chi connectivity index (χ3n) is 2.32. The summed E-state index contributed by atoms with van der Waals surface area (Å²) in [6.07, 6.45) is 0. The highest BCUT2D eigenvalue weighted by Gasteiger charge is 2.13. The number of hydrogen-bond acceptors (Lipinski definition) is 3. The lowest BCUT2D eigenvalue weighted by Gasteiger charge is -2.08. The Morgan fingerprint density at radius 2 is 1.89 bits per heavy atom. The molecule has 2 nitrogen and oxygen atoms in total. The maximum atomic E-state index is 11.7. The third kappa shape index (κ3) is 3.06. The lowest BCUT2D eigenvalue weighted by Crippen LogP contribution is -2.02.